The molecule has 4 N–H and O–H groups in total. The molecule has 6 nitrogen and oxygen atoms in total. The lowest BCUT2D eigenvalue weighted by Crippen LogP contribution is -2.29. The Labute approximate surface area is 124 Å². The number of nitrogens with one attached hydrogen (secondary N) is 2. The molecule has 0 atom stereocenters. The highest BCUT2D eigenvalue weighted by Crippen LogP contribution is 2.37. The quantitative estimate of drug-likeness (QED) is 0.659. The maximum atomic E-state index is 12.2. The van der Waals surface area contributed by atoms with E-state index in [0.717, 1.165) is 25.7 Å². The van der Waals surface area contributed by atoms with Gasteiger partial charge in [-0.25, -0.2) is 0 Å². The summed E-state index contributed by atoms with van der Waals surface area (Å²) in [6.07, 6.45) is 7.36. The zero-order valence-electron chi connectivity index (χ0n) is 12.1. The molecule has 0 aromatic carbocycles. The zero-order chi connectivity index (χ0) is 14.8. The predicted octanol–water partition coefficient (Wildman–Crippen LogP) is 1.19. The van der Waals surface area contributed by atoms with E-state index in [1.165, 1.54) is 0 Å². The van der Waals surface area contributed by atoms with Gasteiger partial charge in [0.05, 0.1) is 5.69 Å². The van der Waals surface area contributed by atoms with Crippen molar-refractivity contribution in [2.45, 2.75) is 50.6 Å². The largest absolute Gasteiger partial charge is 0.397 e. The van der Waals surface area contributed by atoms with E-state index < -0.39 is 0 Å². The van der Waals surface area contributed by atoms with Crippen LogP contribution in [0.15, 0.2) is 12.3 Å². The van der Waals surface area contributed by atoms with Gasteiger partial charge in [0.15, 0.2) is 0 Å². The van der Waals surface area contributed by atoms with E-state index in [0.29, 0.717) is 42.9 Å². The van der Waals surface area contributed by atoms with Crippen molar-refractivity contribution in [2.24, 2.45) is 0 Å². The molecule has 0 aliphatic heterocycles. The summed E-state index contributed by atoms with van der Waals surface area (Å²) >= 11 is 0. The molecule has 2 aliphatic rings. The Bertz CT molecular complexity index is 544. The van der Waals surface area contributed by atoms with Gasteiger partial charge in [0.1, 0.15) is 5.69 Å². The van der Waals surface area contributed by atoms with Crippen molar-refractivity contribution in [1.82, 2.24) is 15.2 Å². The first-order chi connectivity index (χ1) is 10.1. The highest BCUT2D eigenvalue weighted by molar-refractivity contribution is 5.93. The third-order valence-corrected chi connectivity index (χ3v) is 3.85. The van der Waals surface area contributed by atoms with Crippen molar-refractivity contribution < 1.29 is 9.59 Å². The molecule has 0 spiro atoms. The van der Waals surface area contributed by atoms with Crippen molar-refractivity contribution in [2.75, 3.05) is 12.3 Å². The van der Waals surface area contributed by atoms with Crippen molar-refractivity contribution in [1.29, 1.82) is 0 Å². The highest BCUT2D eigenvalue weighted by atomic mass is 16.2. The van der Waals surface area contributed by atoms with Crippen LogP contribution >= 0.6 is 0 Å². The molecule has 0 radical (unpaired) electrons. The van der Waals surface area contributed by atoms with Crippen LogP contribution in [0.1, 0.15) is 55.1 Å². The van der Waals surface area contributed by atoms with Gasteiger partial charge >= 0.3 is 0 Å². The second-order valence-corrected chi connectivity index (χ2v) is 6.00. The topological polar surface area (TPSA) is 89.2 Å². The van der Waals surface area contributed by atoms with Crippen LogP contribution < -0.4 is 16.4 Å². The second-order valence-electron chi connectivity index (χ2n) is 6.00. The highest BCUT2D eigenvalue weighted by Gasteiger charge is 2.27. The Morgan fingerprint density at radius 3 is 2.71 bits per heavy atom. The van der Waals surface area contributed by atoms with Crippen LogP contribution in [0, 0.1) is 0 Å². The molecule has 6 heteroatoms. The van der Waals surface area contributed by atoms with Crippen molar-refractivity contribution in [3.63, 3.8) is 0 Å². The van der Waals surface area contributed by atoms with Gasteiger partial charge in [0.25, 0.3) is 5.91 Å². The van der Waals surface area contributed by atoms with Gasteiger partial charge in [0.2, 0.25) is 5.91 Å². The molecular weight excluding hydrogens is 268 g/mol. The first-order valence-electron chi connectivity index (χ1n) is 7.68. The number of hydrogen-bond acceptors (Lipinski definition) is 3. The molecule has 2 saturated carbocycles. The molecule has 0 unspecified atom stereocenters. The summed E-state index contributed by atoms with van der Waals surface area (Å²) in [5, 5.41) is 5.80. The molecule has 1 aromatic rings. The maximum absolute atomic E-state index is 12.2. The molecule has 1 aromatic heterocycles. The van der Waals surface area contributed by atoms with Crippen molar-refractivity contribution >= 4 is 17.5 Å². The van der Waals surface area contributed by atoms with Crippen molar-refractivity contribution in [3.05, 3.63) is 18.0 Å². The van der Waals surface area contributed by atoms with E-state index in [1.807, 2.05) is 10.8 Å². The van der Waals surface area contributed by atoms with Crippen LogP contribution in [0.25, 0.3) is 0 Å². The SMILES string of the molecule is Nc1cc(C(=O)NCCCC(=O)NC2CC2)n(C2CC2)c1. The van der Waals surface area contributed by atoms with Crippen LogP contribution in [-0.2, 0) is 4.79 Å². The number of rotatable bonds is 7. The molecule has 2 amide bonds. The number of nitrogen functional groups attached to an aromatic ring is 1. The average Bonchev–Trinajstić information content (AvgIpc) is 3.35. The standard InChI is InChI=1S/C15H22N4O2/c16-10-8-13(19(9-10)12-5-6-12)15(21)17-7-1-2-14(20)18-11-3-4-11/h8-9,11-12H,1-7,16H2,(H,17,21)(H,18,20). The lowest BCUT2D eigenvalue weighted by molar-refractivity contribution is -0.121. The Morgan fingerprint density at radius 1 is 1.29 bits per heavy atom. The zero-order valence-corrected chi connectivity index (χ0v) is 12.1. The summed E-state index contributed by atoms with van der Waals surface area (Å²) in [6, 6.07) is 2.54. The fourth-order valence-corrected chi connectivity index (χ4v) is 2.41. The first kappa shape index (κ1) is 14.0. The number of anilines is 1. The minimum absolute atomic E-state index is 0.0809. The van der Waals surface area contributed by atoms with E-state index in [-0.39, 0.29) is 11.8 Å². The third kappa shape index (κ3) is 3.77. The van der Waals surface area contributed by atoms with E-state index in [4.69, 9.17) is 5.73 Å². The van der Waals surface area contributed by atoms with Gasteiger partial charge in [-0.05, 0) is 38.2 Å². The van der Waals surface area contributed by atoms with Gasteiger partial charge in [0, 0.05) is 31.2 Å². The molecule has 2 fully saturated rings. The Hall–Kier alpha value is -1.98. The Kier molecular flexibility index (Phi) is 3.86. The molecule has 21 heavy (non-hydrogen) atoms. The minimum Gasteiger partial charge on any atom is -0.397 e. The van der Waals surface area contributed by atoms with Gasteiger partial charge in [-0.2, -0.15) is 0 Å². The lowest BCUT2D eigenvalue weighted by Gasteiger charge is -2.08. The monoisotopic (exact) mass is 290 g/mol. The fraction of sp³-hybridized carbons (Fsp3) is 0.600. The molecule has 0 bridgehead atoms. The van der Waals surface area contributed by atoms with Crippen LogP contribution in [0.3, 0.4) is 0 Å². The number of amides is 2. The number of carbonyl (C=O) groups is 2. The van der Waals surface area contributed by atoms with Gasteiger partial charge in [-0.3, -0.25) is 9.59 Å². The van der Waals surface area contributed by atoms with Gasteiger partial charge in [-0.15, -0.1) is 0 Å². The predicted molar refractivity (Wildman–Crippen MR) is 79.8 cm³/mol. The summed E-state index contributed by atoms with van der Waals surface area (Å²) in [6.45, 7) is 0.507. The lowest BCUT2D eigenvalue weighted by atomic mass is 10.3. The third-order valence-electron chi connectivity index (χ3n) is 3.85. The van der Waals surface area contributed by atoms with E-state index >= 15 is 0 Å². The molecule has 3 rings (SSSR count). The van der Waals surface area contributed by atoms with E-state index in [2.05, 4.69) is 10.6 Å². The molecule has 2 aliphatic carbocycles. The summed E-state index contributed by atoms with van der Waals surface area (Å²) in [4.78, 5) is 23.7. The molecule has 0 saturated heterocycles. The number of aromatic nitrogens is 1. The molecular formula is C15H22N4O2. The van der Waals surface area contributed by atoms with Crippen LogP contribution in [0.4, 0.5) is 5.69 Å². The van der Waals surface area contributed by atoms with Crippen LogP contribution in [-0.4, -0.2) is 29.0 Å². The van der Waals surface area contributed by atoms with Crippen molar-refractivity contribution in [3.8, 4) is 0 Å². The van der Waals surface area contributed by atoms with Gasteiger partial charge < -0.3 is 20.9 Å². The molecule has 1 heterocycles. The fourth-order valence-electron chi connectivity index (χ4n) is 2.41. The summed E-state index contributed by atoms with van der Waals surface area (Å²) < 4.78 is 1.96. The Morgan fingerprint density at radius 2 is 2.05 bits per heavy atom. The van der Waals surface area contributed by atoms with Gasteiger partial charge in [-0.1, -0.05) is 0 Å². The summed E-state index contributed by atoms with van der Waals surface area (Å²) in [5.41, 5.74) is 7.02. The molecule has 114 valence electrons. The maximum Gasteiger partial charge on any atom is 0.267 e. The number of nitrogens with two attached hydrogens (primary N) is 1. The Balaban J connectivity index is 1.42. The average molecular weight is 290 g/mol. The van der Waals surface area contributed by atoms with E-state index in [1.54, 1.807) is 6.07 Å². The first-order valence-corrected chi connectivity index (χ1v) is 7.68. The number of nitrogens with zero attached hydrogens (tertiary/aromatic N) is 1. The van der Waals surface area contributed by atoms with E-state index in [9.17, 15) is 9.59 Å². The minimum atomic E-state index is -0.110. The summed E-state index contributed by atoms with van der Waals surface area (Å²) in [7, 11) is 0. The number of carbonyl (C=O) groups excluding carboxylic acids is 2. The number of hydrogen-bond donors (Lipinski definition) is 3. The smallest absolute Gasteiger partial charge is 0.267 e. The van der Waals surface area contributed by atoms with Crippen LogP contribution in [0.5, 0.6) is 0 Å². The normalized spacial score (nSPS) is 17.5. The summed E-state index contributed by atoms with van der Waals surface area (Å²) in [5.74, 6) is -0.0291. The van der Waals surface area contributed by atoms with Crippen LogP contribution in [0.2, 0.25) is 0 Å². The second kappa shape index (κ2) is 5.79.